The second kappa shape index (κ2) is 8.64. The van der Waals surface area contributed by atoms with E-state index in [2.05, 4.69) is 0 Å². The number of carboxylic acid groups (broad SMARTS) is 1. The van der Waals surface area contributed by atoms with Crippen molar-refractivity contribution in [2.24, 2.45) is 0 Å². The molecule has 0 aromatic rings. The number of carbonyl (C=O) groups is 1. The van der Waals surface area contributed by atoms with Crippen LogP contribution in [0.5, 0.6) is 0 Å². The van der Waals surface area contributed by atoms with Gasteiger partial charge in [-0.05, 0) is 13.3 Å². The van der Waals surface area contributed by atoms with Crippen molar-refractivity contribution in [2.45, 2.75) is 25.8 Å². The first-order chi connectivity index (χ1) is 7.11. The van der Waals surface area contributed by atoms with Crippen LogP contribution in [0.1, 0.15) is 19.8 Å². The van der Waals surface area contributed by atoms with E-state index >= 15 is 0 Å². The highest BCUT2D eigenvalue weighted by Crippen LogP contribution is 2.06. The van der Waals surface area contributed by atoms with E-state index in [1.165, 1.54) is 0 Å². The van der Waals surface area contributed by atoms with Crippen LogP contribution in [0, 0.1) is 0 Å². The fraction of sp³-hybridized carbons (Fsp3) is 0.900. The van der Waals surface area contributed by atoms with Gasteiger partial charge in [0.1, 0.15) is 0 Å². The number of nitrogens with zero attached hydrogens (tertiary/aromatic N) is 1. The highest BCUT2D eigenvalue weighted by molar-refractivity contribution is 5.66. The van der Waals surface area contributed by atoms with Crippen LogP contribution >= 0.6 is 0 Å². The van der Waals surface area contributed by atoms with Gasteiger partial charge in [-0.2, -0.15) is 0 Å². The van der Waals surface area contributed by atoms with Gasteiger partial charge in [0.05, 0.1) is 13.2 Å². The lowest BCUT2D eigenvalue weighted by molar-refractivity contribution is -0.137. The summed E-state index contributed by atoms with van der Waals surface area (Å²) >= 11 is 0. The van der Waals surface area contributed by atoms with E-state index in [0.29, 0.717) is 19.6 Å². The van der Waals surface area contributed by atoms with Gasteiger partial charge in [0, 0.05) is 32.7 Å². The Bertz CT molecular complexity index is 175. The van der Waals surface area contributed by atoms with Crippen LogP contribution in [-0.4, -0.2) is 60.5 Å². The van der Waals surface area contributed by atoms with Crippen molar-refractivity contribution in [1.29, 1.82) is 0 Å². The maximum Gasteiger partial charge on any atom is 0.303 e. The molecule has 0 amide bonds. The third-order valence-corrected chi connectivity index (χ3v) is 2.37. The summed E-state index contributed by atoms with van der Waals surface area (Å²) in [6.45, 7) is 3.93. The maximum atomic E-state index is 10.4. The average Bonchev–Trinajstić information content (AvgIpc) is 2.20. The molecule has 0 bridgehead atoms. The normalized spacial score (nSPS) is 13.1. The van der Waals surface area contributed by atoms with Crippen molar-refractivity contribution in [3.05, 3.63) is 0 Å². The fourth-order valence-corrected chi connectivity index (χ4v) is 1.40. The minimum absolute atomic E-state index is 0.0845. The van der Waals surface area contributed by atoms with Crippen molar-refractivity contribution in [3.63, 3.8) is 0 Å². The Hall–Kier alpha value is -0.650. The molecule has 0 saturated carbocycles. The van der Waals surface area contributed by atoms with Gasteiger partial charge < -0.3 is 14.9 Å². The van der Waals surface area contributed by atoms with Gasteiger partial charge in [-0.1, -0.05) is 0 Å². The Balaban J connectivity index is 3.91. The molecule has 2 N–H and O–H groups in total. The van der Waals surface area contributed by atoms with Crippen LogP contribution in [0.3, 0.4) is 0 Å². The molecule has 0 saturated heterocycles. The summed E-state index contributed by atoms with van der Waals surface area (Å²) in [5.74, 6) is -0.780. The van der Waals surface area contributed by atoms with Crippen molar-refractivity contribution in [1.82, 2.24) is 4.90 Å². The number of hydrogen-bond donors (Lipinski definition) is 2. The summed E-state index contributed by atoms with van der Waals surface area (Å²) < 4.78 is 4.95. The van der Waals surface area contributed by atoms with Gasteiger partial charge in [0.25, 0.3) is 0 Å². The van der Waals surface area contributed by atoms with Crippen LogP contribution in [0.15, 0.2) is 0 Å². The number of methoxy groups -OCH3 is 1. The smallest absolute Gasteiger partial charge is 0.303 e. The lowest BCUT2D eigenvalue weighted by atomic mass is 10.1. The minimum atomic E-state index is -0.780. The molecule has 0 heterocycles. The number of aliphatic carboxylic acids is 1. The van der Waals surface area contributed by atoms with Crippen LogP contribution < -0.4 is 0 Å². The Kier molecular flexibility index (Phi) is 8.27. The number of carboxylic acids is 1. The Labute approximate surface area is 90.6 Å². The first-order valence-electron chi connectivity index (χ1n) is 5.17. The molecule has 0 spiro atoms. The topological polar surface area (TPSA) is 70.0 Å². The zero-order valence-electron chi connectivity index (χ0n) is 9.48. The molecule has 90 valence electrons. The van der Waals surface area contributed by atoms with Gasteiger partial charge in [-0.15, -0.1) is 0 Å². The molecular weight excluding hydrogens is 198 g/mol. The molecule has 0 aromatic carbocycles. The number of rotatable bonds is 9. The molecule has 15 heavy (non-hydrogen) atoms. The molecule has 0 aromatic heterocycles. The number of ether oxygens (including phenoxy) is 1. The molecule has 0 radical (unpaired) electrons. The molecule has 1 atom stereocenters. The summed E-state index contributed by atoms with van der Waals surface area (Å²) in [5.41, 5.74) is 0. The summed E-state index contributed by atoms with van der Waals surface area (Å²) in [6, 6.07) is 0.156. The summed E-state index contributed by atoms with van der Waals surface area (Å²) in [6.07, 6.45) is 0.759. The standard InChI is InChI=1S/C10H21NO4/c1-9(3-4-10(13)14)11(5-7-12)6-8-15-2/h9,12H,3-8H2,1-2H3,(H,13,14). The predicted octanol–water partition coefficient (Wildman–Crippen LogP) is 0.180. The highest BCUT2D eigenvalue weighted by atomic mass is 16.5. The highest BCUT2D eigenvalue weighted by Gasteiger charge is 2.13. The zero-order chi connectivity index (χ0) is 11.7. The molecule has 5 nitrogen and oxygen atoms in total. The maximum absolute atomic E-state index is 10.4. The molecule has 0 fully saturated rings. The average molecular weight is 219 g/mol. The van der Waals surface area contributed by atoms with E-state index in [-0.39, 0.29) is 19.1 Å². The van der Waals surface area contributed by atoms with Crippen LogP contribution in [0.25, 0.3) is 0 Å². The van der Waals surface area contributed by atoms with Crippen LogP contribution in [0.2, 0.25) is 0 Å². The predicted molar refractivity (Wildman–Crippen MR) is 56.9 cm³/mol. The summed E-state index contributed by atoms with van der Waals surface area (Å²) in [5, 5.41) is 17.4. The lowest BCUT2D eigenvalue weighted by Crippen LogP contribution is -2.38. The van der Waals surface area contributed by atoms with E-state index in [1.807, 2.05) is 11.8 Å². The molecule has 5 heteroatoms. The lowest BCUT2D eigenvalue weighted by Gasteiger charge is -2.27. The summed E-state index contributed by atoms with van der Waals surface area (Å²) in [7, 11) is 1.62. The molecule has 0 aliphatic heterocycles. The zero-order valence-corrected chi connectivity index (χ0v) is 9.48. The number of hydrogen-bond acceptors (Lipinski definition) is 4. The van der Waals surface area contributed by atoms with Crippen molar-refractivity contribution < 1.29 is 19.7 Å². The summed E-state index contributed by atoms with van der Waals surface area (Å²) in [4.78, 5) is 12.4. The van der Waals surface area contributed by atoms with Crippen molar-refractivity contribution >= 4 is 5.97 Å². The largest absolute Gasteiger partial charge is 0.481 e. The van der Waals surface area contributed by atoms with Gasteiger partial charge in [0.15, 0.2) is 0 Å². The third-order valence-electron chi connectivity index (χ3n) is 2.37. The quantitative estimate of drug-likeness (QED) is 0.579. The molecule has 0 aliphatic rings. The first kappa shape index (κ1) is 14.3. The van der Waals surface area contributed by atoms with E-state index in [9.17, 15) is 4.79 Å². The van der Waals surface area contributed by atoms with Gasteiger partial charge >= 0.3 is 5.97 Å². The molecule has 0 rings (SSSR count). The Morgan fingerprint density at radius 3 is 2.60 bits per heavy atom. The molecule has 1 unspecified atom stereocenters. The molecule has 0 aliphatic carbocycles. The van der Waals surface area contributed by atoms with Crippen molar-refractivity contribution in [3.8, 4) is 0 Å². The Morgan fingerprint density at radius 2 is 2.13 bits per heavy atom. The molecular formula is C10H21NO4. The van der Waals surface area contributed by atoms with Crippen LogP contribution in [0.4, 0.5) is 0 Å². The van der Waals surface area contributed by atoms with E-state index in [0.717, 1.165) is 6.54 Å². The number of aliphatic hydroxyl groups excluding tert-OH is 1. The van der Waals surface area contributed by atoms with Gasteiger partial charge in [-0.3, -0.25) is 9.69 Å². The minimum Gasteiger partial charge on any atom is -0.481 e. The fourth-order valence-electron chi connectivity index (χ4n) is 1.40. The van der Waals surface area contributed by atoms with E-state index < -0.39 is 5.97 Å². The number of aliphatic hydroxyl groups is 1. The second-order valence-electron chi connectivity index (χ2n) is 3.53. The van der Waals surface area contributed by atoms with Gasteiger partial charge in [-0.25, -0.2) is 0 Å². The van der Waals surface area contributed by atoms with E-state index in [1.54, 1.807) is 7.11 Å². The Morgan fingerprint density at radius 1 is 1.47 bits per heavy atom. The van der Waals surface area contributed by atoms with E-state index in [4.69, 9.17) is 14.9 Å². The van der Waals surface area contributed by atoms with Gasteiger partial charge in [0.2, 0.25) is 0 Å². The first-order valence-corrected chi connectivity index (χ1v) is 5.17. The SMILES string of the molecule is COCCN(CCO)C(C)CCC(=O)O. The van der Waals surface area contributed by atoms with Crippen molar-refractivity contribution in [2.75, 3.05) is 33.4 Å². The monoisotopic (exact) mass is 219 g/mol. The third kappa shape index (κ3) is 7.30. The second-order valence-corrected chi connectivity index (χ2v) is 3.53. The van der Waals surface area contributed by atoms with Crippen LogP contribution in [-0.2, 0) is 9.53 Å².